The number of nitrogens with zero attached hydrogens (tertiary/aromatic N) is 2. The van der Waals surface area contributed by atoms with E-state index in [0.717, 1.165) is 21.5 Å². The standard InChI is InChI=1S/C18H24N4OS2/c1-4-10-19-17-21-22-18(25-17)24-12-16(23)20-15(11-13(2)3)14-8-6-5-7-9-14/h4-9,13,15H,1,10-12H2,2-3H3,(H,19,21)(H,20,23)/t15-/m0/s1. The van der Waals surface area contributed by atoms with Crippen LogP contribution in [0.3, 0.4) is 0 Å². The smallest absolute Gasteiger partial charge is 0.230 e. The van der Waals surface area contributed by atoms with Crippen LogP contribution in [0.25, 0.3) is 0 Å². The van der Waals surface area contributed by atoms with Crippen molar-refractivity contribution in [2.75, 3.05) is 17.6 Å². The molecule has 0 saturated heterocycles. The minimum atomic E-state index is 0.00954. The molecule has 134 valence electrons. The van der Waals surface area contributed by atoms with Crippen molar-refractivity contribution < 1.29 is 4.79 Å². The fraction of sp³-hybridized carbons (Fsp3) is 0.389. The van der Waals surface area contributed by atoms with E-state index in [1.807, 2.05) is 18.2 Å². The number of anilines is 1. The lowest BCUT2D eigenvalue weighted by molar-refractivity contribution is -0.119. The number of amides is 1. The van der Waals surface area contributed by atoms with Gasteiger partial charge in [-0.2, -0.15) is 0 Å². The van der Waals surface area contributed by atoms with Crippen molar-refractivity contribution >= 4 is 34.1 Å². The second kappa shape index (κ2) is 10.2. The van der Waals surface area contributed by atoms with E-state index >= 15 is 0 Å². The summed E-state index contributed by atoms with van der Waals surface area (Å²) in [6.45, 7) is 8.62. The summed E-state index contributed by atoms with van der Waals surface area (Å²) in [6, 6.07) is 10.1. The summed E-state index contributed by atoms with van der Waals surface area (Å²) in [5.41, 5.74) is 1.14. The van der Waals surface area contributed by atoms with Gasteiger partial charge in [0, 0.05) is 6.54 Å². The molecule has 1 aromatic carbocycles. The van der Waals surface area contributed by atoms with Crippen molar-refractivity contribution in [3.8, 4) is 0 Å². The van der Waals surface area contributed by atoms with E-state index in [4.69, 9.17) is 0 Å². The fourth-order valence-electron chi connectivity index (χ4n) is 2.30. The first-order chi connectivity index (χ1) is 12.1. The largest absolute Gasteiger partial charge is 0.357 e. The molecule has 5 nitrogen and oxygen atoms in total. The summed E-state index contributed by atoms with van der Waals surface area (Å²) < 4.78 is 0.779. The van der Waals surface area contributed by atoms with E-state index in [-0.39, 0.29) is 11.9 Å². The highest BCUT2D eigenvalue weighted by atomic mass is 32.2. The maximum absolute atomic E-state index is 12.4. The molecule has 0 bridgehead atoms. The number of aromatic nitrogens is 2. The van der Waals surface area contributed by atoms with Gasteiger partial charge in [-0.15, -0.1) is 16.8 Å². The van der Waals surface area contributed by atoms with Crippen LogP contribution in [-0.2, 0) is 4.79 Å². The van der Waals surface area contributed by atoms with E-state index in [9.17, 15) is 4.79 Å². The zero-order valence-corrected chi connectivity index (χ0v) is 16.2. The highest BCUT2D eigenvalue weighted by molar-refractivity contribution is 8.01. The van der Waals surface area contributed by atoms with Gasteiger partial charge < -0.3 is 10.6 Å². The molecule has 1 heterocycles. The number of carbonyl (C=O) groups is 1. The topological polar surface area (TPSA) is 66.9 Å². The first-order valence-electron chi connectivity index (χ1n) is 8.24. The second-order valence-corrected chi connectivity index (χ2v) is 8.19. The number of carbonyl (C=O) groups excluding carboxylic acids is 1. The lowest BCUT2D eigenvalue weighted by Crippen LogP contribution is -2.30. The molecule has 0 aliphatic rings. The number of nitrogens with one attached hydrogen (secondary N) is 2. The first-order valence-corrected chi connectivity index (χ1v) is 10.0. The number of hydrogen-bond acceptors (Lipinski definition) is 6. The Morgan fingerprint density at radius 1 is 1.32 bits per heavy atom. The van der Waals surface area contributed by atoms with Crippen molar-refractivity contribution in [2.45, 2.75) is 30.6 Å². The third-order valence-electron chi connectivity index (χ3n) is 3.38. The van der Waals surface area contributed by atoms with Crippen LogP contribution in [0.1, 0.15) is 31.9 Å². The van der Waals surface area contributed by atoms with Crippen LogP contribution in [0.15, 0.2) is 47.3 Å². The Morgan fingerprint density at radius 2 is 2.08 bits per heavy atom. The van der Waals surface area contributed by atoms with Gasteiger partial charge in [0.05, 0.1) is 11.8 Å². The first kappa shape index (κ1) is 19.5. The molecule has 0 radical (unpaired) electrons. The van der Waals surface area contributed by atoms with Gasteiger partial charge in [0.15, 0.2) is 4.34 Å². The van der Waals surface area contributed by atoms with Gasteiger partial charge in [-0.1, -0.05) is 73.4 Å². The fourth-order valence-corrected chi connectivity index (χ4v) is 3.87. The molecule has 2 rings (SSSR count). The summed E-state index contributed by atoms with van der Waals surface area (Å²) in [7, 11) is 0. The Morgan fingerprint density at radius 3 is 2.76 bits per heavy atom. The molecule has 0 fully saturated rings. The van der Waals surface area contributed by atoms with E-state index in [1.54, 1.807) is 6.08 Å². The number of rotatable bonds is 10. The van der Waals surface area contributed by atoms with E-state index in [0.29, 0.717) is 18.2 Å². The molecule has 7 heteroatoms. The van der Waals surface area contributed by atoms with Crippen LogP contribution in [0.5, 0.6) is 0 Å². The zero-order chi connectivity index (χ0) is 18.1. The summed E-state index contributed by atoms with van der Waals surface area (Å²) in [5, 5.41) is 15.1. The van der Waals surface area contributed by atoms with Crippen molar-refractivity contribution in [3.63, 3.8) is 0 Å². The van der Waals surface area contributed by atoms with Gasteiger partial charge in [-0.05, 0) is 17.9 Å². The van der Waals surface area contributed by atoms with Crippen LogP contribution >= 0.6 is 23.1 Å². The highest BCUT2D eigenvalue weighted by Crippen LogP contribution is 2.26. The predicted octanol–water partition coefficient (Wildman–Crippen LogP) is 4.13. The Balaban J connectivity index is 1.88. The second-order valence-electron chi connectivity index (χ2n) is 5.99. The molecule has 0 aliphatic heterocycles. The van der Waals surface area contributed by atoms with Gasteiger partial charge in [-0.25, -0.2) is 0 Å². The van der Waals surface area contributed by atoms with E-state index in [1.165, 1.54) is 23.1 Å². The molecule has 1 aromatic heterocycles. The van der Waals surface area contributed by atoms with Crippen molar-refractivity contribution in [1.82, 2.24) is 15.5 Å². The van der Waals surface area contributed by atoms with Gasteiger partial charge in [0.2, 0.25) is 11.0 Å². The van der Waals surface area contributed by atoms with Crippen LogP contribution in [0.4, 0.5) is 5.13 Å². The molecule has 2 aromatic rings. The Hall–Kier alpha value is -1.86. The summed E-state index contributed by atoms with van der Waals surface area (Å²) in [6.07, 6.45) is 2.68. The maximum Gasteiger partial charge on any atom is 0.230 e. The molecule has 25 heavy (non-hydrogen) atoms. The van der Waals surface area contributed by atoms with Crippen molar-refractivity contribution in [1.29, 1.82) is 0 Å². The van der Waals surface area contributed by atoms with Gasteiger partial charge in [0.25, 0.3) is 0 Å². The summed E-state index contributed by atoms with van der Waals surface area (Å²) >= 11 is 2.85. The number of hydrogen-bond donors (Lipinski definition) is 2. The van der Waals surface area contributed by atoms with Crippen LogP contribution < -0.4 is 10.6 Å². The van der Waals surface area contributed by atoms with Crippen molar-refractivity contribution in [3.05, 3.63) is 48.6 Å². The van der Waals surface area contributed by atoms with Gasteiger partial charge in [-0.3, -0.25) is 4.79 Å². The molecule has 2 N–H and O–H groups in total. The molecule has 0 unspecified atom stereocenters. The Labute approximate surface area is 157 Å². The molecule has 0 spiro atoms. The quantitative estimate of drug-likeness (QED) is 0.482. The number of thioether (sulfide) groups is 1. The molecule has 1 atom stereocenters. The van der Waals surface area contributed by atoms with Crippen LogP contribution in [-0.4, -0.2) is 28.4 Å². The van der Waals surface area contributed by atoms with Crippen LogP contribution in [0, 0.1) is 5.92 Å². The predicted molar refractivity (Wildman–Crippen MR) is 106 cm³/mol. The van der Waals surface area contributed by atoms with Gasteiger partial charge >= 0.3 is 0 Å². The van der Waals surface area contributed by atoms with E-state index in [2.05, 4.69) is 53.4 Å². The Kier molecular flexibility index (Phi) is 7.94. The van der Waals surface area contributed by atoms with E-state index < -0.39 is 0 Å². The third-order valence-corrected chi connectivity index (χ3v) is 5.39. The SMILES string of the molecule is C=CCNc1nnc(SCC(=O)N[C@@H](CC(C)C)c2ccccc2)s1. The Bertz CT molecular complexity index is 673. The van der Waals surface area contributed by atoms with Crippen LogP contribution in [0.2, 0.25) is 0 Å². The molecular formula is C18H24N4OS2. The average molecular weight is 377 g/mol. The number of benzene rings is 1. The normalized spacial score (nSPS) is 12.0. The third kappa shape index (κ3) is 6.88. The molecule has 0 saturated carbocycles. The molecular weight excluding hydrogens is 352 g/mol. The monoisotopic (exact) mass is 376 g/mol. The zero-order valence-electron chi connectivity index (χ0n) is 14.6. The summed E-state index contributed by atoms with van der Waals surface area (Å²) in [5.74, 6) is 0.840. The maximum atomic E-state index is 12.4. The van der Waals surface area contributed by atoms with Crippen molar-refractivity contribution in [2.24, 2.45) is 5.92 Å². The lowest BCUT2D eigenvalue weighted by atomic mass is 9.97. The van der Waals surface area contributed by atoms with Gasteiger partial charge in [0.1, 0.15) is 0 Å². The lowest BCUT2D eigenvalue weighted by Gasteiger charge is -2.21. The minimum absolute atomic E-state index is 0.00954. The molecule has 0 aliphatic carbocycles. The minimum Gasteiger partial charge on any atom is -0.357 e. The summed E-state index contributed by atoms with van der Waals surface area (Å²) in [4.78, 5) is 12.4. The highest BCUT2D eigenvalue weighted by Gasteiger charge is 2.16. The molecule has 1 amide bonds. The average Bonchev–Trinajstić information content (AvgIpc) is 3.06.